The van der Waals surface area contributed by atoms with Gasteiger partial charge in [0, 0.05) is 6.42 Å². The number of benzene rings is 1. The van der Waals surface area contributed by atoms with Crippen molar-refractivity contribution in [2.24, 2.45) is 0 Å². The lowest BCUT2D eigenvalue weighted by Gasteiger charge is -2.29. The average Bonchev–Trinajstić information content (AvgIpc) is 2.49. The van der Waals surface area contributed by atoms with Crippen molar-refractivity contribution in [3.05, 3.63) is 48.1 Å². The van der Waals surface area contributed by atoms with Crippen molar-refractivity contribution in [3.8, 4) is 5.75 Å². The Hall–Kier alpha value is -2.48. The van der Waals surface area contributed by atoms with E-state index in [0.717, 1.165) is 11.0 Å². The van der Waals surface area contributed by atoms with E-state index in [1.807, 2.05) is 0 Å². The van der Waals surface area contributed by atoms with Crippen molar-refractivity contribution in [1.29, 1.82) is 0 Å². The maximum absolute atomic E-state index is 12.5. The molecule has 1 aliphatic heterocycles. The van der Waals surface area contributed by atoms with Crippen molar-refractivity contribution < 1.29 is 27.9 Å². The number of phenolic OH excluding ortho intramolecular Hbond substituents is 1. The fraction of sp³-hybridized carbons (Fsp3) is 0.188. The van der Waals surface area contributed by atoms with Gasteiger partial charge in [0.25, 0.3) is 5.91 Å². The normalized spacial score (nSPS) is 17.8. The van der Waals surface area contributed by atoms with E-state index in [0.29, 0.717) is 0 Å². The third kappa shape index (κ3) is 3.70. The Morgan fingerprint density at radius 3 is 2.33 bits per heavy atom. The molecule has 1 aliphatic rings. The molecule has 0 spiro atoms. The molecule has 0 saturated carbocycles. The molecule has 0 unspecified atom stereocenters. The van der Waals surface area contributed by atoms with E-state index in [9.17, 15) is 27.9 Å². The predicted molar refractivity (Wildman–Crippen MR) is 85.7 cm³/mol. The summed E-state index contributed by atoms with van der Waals surface area (Å²) >= 11 is 5.06. The first-order valence-electron chi connectivity index (χ1n) is 6.80. The van der Waals surface area contributed by atoms with Gasteiger partial charge in [0.1, 0.15) is 10.7 Å². The zero-order chi connectivity index (χ0) is 18.1. The number of hydrogen-bond donors (Lipinski definition) is 1. The maximum Gasteiger partial charge on any atom is 0.389 e. The molecule has 1 fully saturated rings. The van der Waals surface area contributed by atoms with Crippen LogP contribution in [0.25, 0.3) is 0 Å². The van der Waals surface area contributed by atoms with Gasteiger partial charge < -0.3 is 5.11 Å². The van der Waals surface area contributed by atoms with Crippen molar-refractivity contribution in [3.63, 3.8) is 0 Å². The molecule has 0 aliphatic carbocycles. The van der Waals surface area contributed by atoms with Crippen LogP contribution in [-0.2, 0) is 9.59 Å². The molecule has 1 aromatic rings. The Labute approximate surface area is 140 Å². The van der Waals surface area contributed by atoms with Crippen molar-refractivity contribution in [1.82, 2.24) is 0 Å². The number of thiocarbonyl (C=S) groups is 1. The first-order valence-corrected chi connectivity index (χ1v) is 7.21. The Balaban J connectivity index is 2.36. The second-order valence-corrected chi connectivity index (χ2v) is 5.43. The largest absolute Gasteiger partial charge is 0.508 e. The summed E-state index contributed by atoms with van der Waals surface area (Å²) in [6, 6.07) is 5.43. The van der Waals surface area contributed by atoms with Crippen LogP contribution in [0.2, 0.25) is 0 Å². The smallest absolute Gasteiger partial charge is 0.389 e. The number of allylic oxidation sites excluding steroid dienone is 1. The molecule has 0 atom stereocenters. The van der Waals surface area contributed by atoms with Crippen molar-refractivity contribution in [2.75, 3.05) is 4.90 Å². The van der Waals surface area contributed by atoms with Gasteiger partial charge in [0.05, 0.1) is 16.8 Å². The van der Waals surface area contributed by atoms with Crippen LogP contribution in [0.5, 0.6) is 5.75 Å². The summed E-state index contributed by atoms with van der Waals surface area (Å²) in [5.41, 5.74) is -0.264. The fourth-order valence-corrected chi connectivity index (χ4v) is 2.38. The SMILES string of the molecule is C=C1C(=O)/C(=C/CCC(F)(F)F)C(=O)N(c2ccc(O)cc2)C1=S. The molecule has 0 radical (unpaired) electrons. The lowest BCUT2D eigenvalue weighted by molar-refractivity contribution is -0.134. The summed E-state index contributed by atoms with van der Waals surface area (Å²) in [4.78, 5) is 25.5. The molecule has 1 amide bonds. The van der Waals surface area contributed by atoms with Crippen LogP contribution in [0.3, 0.4) is 0 Å². The zero-order valence-electron chi connectivity index (χ0n) is 12.3. The molecule has 24 heavy (non-hydrogen) atoms. The summed E-state index contributed by atoms with van der Waals surface area (Å²) in [5, 5.41) is 9.30. The molecule has 1 N–H and O–H groups in total. The Kier molecular flexibility index (Phi) is 4.88. The number of halogens is 3. The van der Waals surface area contributed by atoms with Gasteiger partial charge in [-0.05, 0) is 30.7 Å². The van der Waals surface area contributed by atoms with Crippen LogP contribution >= 0.6 is 12.2 Å². The standard InChI is InChI=1S/C16H12F3NO3S/c1-9-13(22)12(3-2-8-16(17,18)19)14(23)20(15(9)24)10-4-6-11(21)7-5-10/h3-7,21H,1-2,8H2/b12-3-. The van der Waals surface area contributed by atoms with E-state index >= 15 is 0 Å². The number of carbonyl (C=O) groups is 2. The summed E-state index contributed by atoms with van der Waals surface area (Å²) in [6.07, 6.45) is -5.08. The number of Topliss-reactive ketones (excluding diaryl/α,β-unsaturated/α-hetero) is 1. The summed E-state index contributed by atoms with van der Waals surface area (Å²) in [5.74, 6) is -1.63. The number of anilines is 1. The van der Waals surface area contributed by atoms with E-state index in [4.69, 9.17) is 12.2 Å². The number of hydrogen-bond acceptors (Lipinski definition) is 4. The van der Waals surface area contributed by atoms with Crippen LogP contribution in [0, 0.1) is 0 Å². The fourth-order valence-electron chi connectivity index (χ4n) is 2.10. The van der Waals surface area contributed by atoms with E-state index in [1.165, 1.54) is 24.3 Å². The molecular weight excluding hydrogens is 343 g/mol. The van der Waals surface area contributed by atoms with E-state index in [2.05, 4.69) is 6.58 Å². The first kappa shape index (κ1) is 17.9. The summed E-state index contributed by atoms with van der Waals surface area (Å²) in [7, 11) is 0. The number of alkyl halides is 3. The minimum absolute atomic E-state index is 0.0371. The second-order valence-electron chi connectivity index (χ2n) is 5.04. The molecule has 1 aromatic carbocycles. The van der Waals surface area contributed by atoms with Gasteiger partial charge in [-0.3, -0.25) is 14.5 Å². The highest BCUT2D eigenvalue weighted by Gasteiger charge is 2.37. The number of nitrogens with zero attached hydrogens (tertiary/aromatic N) is 1. The Morgan fingerprint density at radius 1 is 1.21 bits per heavy atom. The summed E-state index contributed by atoms with van der Waals surface area (Å²) < 4.78 is 36.8. The van der Waals surface area contributed by atoms with Gasteiger partial charge in [-0.25, -0.2) is 0 Å². The van der Waals surface area contributed by atoms with Crippen LogP contribution in [0.4, 0.5) is 18.9 Å². The maximum atomic E-state index is 12.5. The highest BCUT2D eigenvalue weighted by atomic mass is 32.1. The van der Waals surface area contributed by atoms with Crippen LogP contribution < -0.4 is 4.90 Å². The van der Waals surface area contributed by atoms with Crippen molar-refractivity contribution >= 4 is 34.6 Å². The highest BCUT2D eigenvalue weighted by Crippen LogP contribution is 2.29. The molecule has 1 saturated heterocycles. The topological polar surface area (TPSA) is 57.6 Å². The van der Waals surface area contributed by atoms with E-state index < -0.39 is 36.3 Å². The number of carbonyl (C=O) groups excluding carboxylic acids is 2. The molecule has 8 heteroatoms. The number of rotatable bonds is 3. The predicted octanol–water partition coefficient (Wildman–Crippen LogP) is 3.46. The molecule has 126 valence electrons. The van der Waals surface area contributed by atoms with Crippen LogP contribution in [0.15, 0.2) is 48.1 Å². The van der Waals surface area contributed by atoms with Crippen molar-refractivity contribution in [2.45, 2.75) is 19.0 Å². The van der Waals surface area contributed by atoms with Crippen LogP contribution in [-0.4, -0.2) is 28.0 Å². The molecule has 0 bridgehead atoms. The van der Waals surface area contributed by atoms with Gasteiger partial charge in [-0.15, -0.1) is 0 Å². The Bertz CT molecular complexity index is 751. The molecule has 2 rings (SSSR count). The number of aromatic hydroxyl groups is 1. The molecule has 0 aromatic heterocycles. The Morgan fingerprint density at radius 2 is 1.79 bits per heavy atom. The lowest BCUT2D eigenvalue weighted by Crippen LogP contribution is -2.46. The third-order valence-corrected chi connectivity index (χ3v) is 3.73. The lowest BCUT2D eigenvalue weighted by atomic mass is 9.96. The first-order chi connectivity index (χ1) is 11.1. The number of piperidine rings is 1. The molecular formula is C16H12F3NO3S. The van der Waals surface area contributed by atoms with Gasteiger partial charge in [-0.2, -0.15) is 13.2 Å². The van der Waals surface area contributed by atoms with Gasteiger partial charge >= 0.3 is 6.18 Å². The molecule has 4 nitrogen and oxygen atoms in total. The van der Waals surface area contributed by atoms with E-state index in [-0.39, 0.29) is 22.0 Å². The zero-order valence-corrected chi connectivity index (χ0v) is 13.1. The third-order valence-electron chi connectivity index (χ3n) is 3.30. The molecule has 1 heterocycles. The van der Waals surface area contributed by atoms with E-state index in [1.54, 1.807) is 0 Å². The number of ketones is 1. The minimum Gasteiger partial charge on any atom is -0.508 e. The van der Waals surface area contributed by atoms with Gasteiger partial charge in [-0.1, -0.05) is 24.9 Å². The van der Waals surface area contributed by atoms with Crippen LogP contribution in [0.1, 0.15) is 12.8 Å². The minimum atomic E-state index is -4.39. The summed E-state index contributed by atoms with van der Waals surface area (Å²) in [6.45, 7) is 3.51. The second kappa shape index (κ2) is 6.56. The number of amides is 1. The monoisotopic (exact) mass is 355 g/mol. The highest BCUT2D eigenvalue weighted by molar-refractivity contribution is 7.81. The van der Waals surface area contributed by atoms with Gasteiger partial charge in [0.15, 0.2) is 0 Å². The average molecular weight is 355 g/mol. The van der Waals surface area contributed by atoms with Gasteiger partial charge in [0.2, 0.25) is 5.78 Å². The quantitative estimate of drug-likeness (QED) is 0.513. The number of phenols is 1.